The maximum Gasteiger partial charge on any atom is 0.281 e. The topological polar surface area (TPSA) is 85.4 Å². The van der Waals surface area contributed by atoms with Crippen LogP contribution in [0.15, 0.2) is 30.4 Å². The fraction of sp³-hybridized carbons (Fsp3) is 0.400. The Morgan fingerprint density at radius 3 is 2.91 bits per heavy atom. The molecule has 4 heterocycles. The first-order valence-electron chi connectivity index (χ1n) is 10.5. The molecule has 0 radical (unpaired) electrons. The Hall–Kier alpha value is -3.41. The smallest absolute Gasteiger partial charge is 0.281 e. The van der Waals surface area contributed by atoms with Gasteiger partial charge in [0.15, 0.2) is 0 Å². The van der Waals surface area contributed by atoms with E-state index in [9.17, 15) is 13.2 Å². The summed E-state index contributed by atoms with van der Waals surface area (Å²) in [6, 6.07) is 5.76. The highest BCUT2D eigenvalue weighted by molar-refractivity contribution is 5.89. The van der Waals surface area contributed by atoms with Crippen molar-refractivity contribution in [3.63, 3.8) is 0 Å². The molecule has 4 aromatic rings. The Morgan fingerprint density at radius 1 is 1.34 bits per heavy atom. The van der Waals surface area contributed by atoms with Gasteiger partial charge in [-0.15, -0.1) is 10.2 Å². The van der Waals surface area contributed by atoms with Crippen molar-refractivity contribution in [1.29, 1.82) is 0 Å². The van der Waals surface area contributed by atoms with Gasteiger partial charge in [0.05, 0.1) is 27.1 Å². The van der Waals surface area contributed by atoms with Gasteiger partial charge in [-0.3, -0.25) is 4.90 Å². The standard InChI is InChI=1S/C20H21F3N8O/c1-29-10-16(20(22,23)11-29)24-19-25-18(32-2)17-13(5-7-31(17)27-19)12-3-4-14-15(9-12)30(8-6-21)28-26-14/h3-5,7,9,16H,6,8,10-11H2,1-2H3,(H,24,27)/t16-/m1/s1/i7D. The van der Waals surface area contributed by atoms with Crippen molar-refractivity contribution in [2.24, 2.45) is 0 Å². The van der Waals surface area contributed by atoms with Gasteiger partial charge in [-0.1, -0.05) is 11.3 Å². The molecule has 0 spiro atoms. The number of anilines is 1. The molecule has 1 aromatic carbocycles. The Labute approximate surface area is 182 Å². The first-order valence-corrected chi connectivity index (χ1v) is 9.97. The monoisotopic (exact) mass is 447 g/mol. The van der Waals surface area contributed by atoms with Crippen molar-refractivity contribution >= 4 is 22.5 Å². The lowest BCUT2D eigenvalue weighted by Gasteiger charge is -2.19. The van der Waals surface area contributed by atoms with Crippen molar-refractivity contribution in [1.82, 2.24) is 34.5 Å². The number of hydrogen-bond acceptors (Lipinski definition) is 7. The SMILES string of the molecule is [2H]c1cc(-c2ccc3nnn(CCF)c3c2)c2c(OC)nc(N[C@@H]3CN(C)CC3(F)F)nn12. The number of nitrogens with one attached hydrogen (secondary N) is 1. The molecule has 32 heavy (non-hydrogen) atoms. The summed E-state index contributed by atoms with van der Waals surface area (Å²) in [4.78, 5) is 5.82. The molecule has 9 nitrogen and oxygen atoms in total. The molecular formula is C20H21F3N8O. The Balaban J connectivity index is 1.59. The van der Waals surface area contributed by atoms with Gasteiger partial charge < -0.3 is 10.1 Å². The zero-order valence-electron chi connectivity index (χ0n) is 18.4. The van der Waals surface area contributed by atoms with E-state index < -0.39 is 18.6 Å². The molecule has 12 heteroatoms. The maximum atomic E-state index is 14.3. The number of nitrogens with zero attached hydrogens (tertiary/aromatic N) is 7. The highest BCUT2D eigenvalue weighted by Gasteiger charge is 2.47. The van der Waals surface area contributed by atoms with Crippen LogP contribution in [0.2, 0.25) is 0 Å². The van der Waals surface area contributed by atoms with E-state index in [2.05, 4.69) is 25.7 Å². The number of aromatic nitrogens is 6. The van der Waals surface area contributed by atoms with E-state index in [1.165, 1.54) is 21.2 Å². The van der Waals surface area contributed by atoms with Crippen LogP contribution >= 0.6 is 0 Å². The fourth-order valence-electron chi connectivity index (χ4n) is 4.01. The predicted octanol–water partition coefficient (Wildman–Crippen LogP) is 2.48. The van der Waals surface area contributed by atoms with Gasteiger partial charge in [0.1, 0.15) is 23.7 Å². The molecule has 0 bridgehead atoms. The normalized spacial score (nSPS) is 19.0. The third-order valence-electron chi connectivity index (χ3n) is 5.51. The van der Waals surface area contributed by atoms with Gasteiger partial charge in [-0.25, -0.2) is 22.4 Å². The molecule has 168 valence electrons. The van der Waals surface area contributed by atoms with Crippen LogP contribution < -0.4 is 10.1 Å². The lowest BCUT2D eigenvalue weighted by atomic mass is 10.1. The number of likely N-dealkylation sites (N-methyl/N-ethyl adjacent to an activating group) is 1. The molecule has 1 aliphatic heterocycles. The summed E-state index contributed by atoms with van der Waals surface area (Å²) in [6.45, 7) is -0.746. The Morgan fingerprint density at radius 2 is 2.19 bits per heavy atom. The number of hydrogen-bond donors (Lipinski definition) is 1. The van der Waals surface area contributed by atoms with Crippen LogP contribution in [0.4, 0.5) is 19.1 Å². The van der Waals surface area contributed by atoms with Crippen LogP contribution in [0.5, 0.6) is 5.88 Å². The fourth-order valence-corrected chi connectivity index (χ4v) is 4.01. The van der Waals surface area contributed by atoms with Crippen molar-refractivity contribution in [3.05, 3.63) is 30.4 Å². The minimum atomic E-state index is -2.95. The van der Waals surface area contributed by atoms with Crippen LogP contribution in [-0.4, -0.2) is 80.4 Å². The van der Waals surface area contributed by atoms with Gasteiger partial charge >= 0.3 is 0 Å². The van der Waals surface area contributed by atoms with Crippen molar-refractivity contribution in [3.8, 4) is 17.0 Å². The van der Waals surface area contributed by atoms with E-state index in [1.807, 2.05) is 0 Å². The van der Waals surface area contributed by atoms with Crippen LogP contribution in [0, 0.1) is 0 Å². The van der Waals surface area contributed by atoms with E-state index in [0.29, 0.717) is 27.7 Å². The summed E-state index contributed by atoms with van der Waals surface area (Å²) in [5.74, 6) is -2.88. The molecule has 1 N–H and O–H groups in total. The van der Waals surface area contributed by atoms with Crippen LogP contribution in [0.25, 0.3) is 27.7 Å². The second kappa shape index (κ2) is 7.62. The molecule has 0 amide bonds. The minimum absolute atomic E-state index is 0.0227. The second-order valence-electron chi connectivity index (χ2n) is 7.75. The molecule has 1 aliphatic rings. The number of fused-ring (bicyclic) bond motifs is 2. The number of ether oxygens (including phenoxy) is 1. The molecule has 0 aliphatic carbocycles. The van der Waals surface area contributed by atoms with E-state index in [1.54, 1.807) is 31.3 Å². The second-order valence-corrected chi connectivity index (χ2v) is 7.75. The van der Waals surface area contributed by atoms with E-state index in [-0.39, 0.29) is 37.6 Å². The maximum absolute atomic E-state index is 14.3. The number of alkyl halides is 3. The third kappa shape index (κ3) is 3.40. The van der Waals surface area contributed by atoms with Crippen LogP contribution in [-0.2, 0) is 6.54 Å². The van der Waals surface area contributed by atoms with Crippen molar-refractivity contribution in [2.75, 3.05) is 39.2 Å². The van der Waals surface area contributed by atoms with Gasteiger partial charge in [0, 0.05) is 18.3 Å². The number of methoxy groups -OCH3 is 1. The predicted molar refractivity (Wildman–Crippen MR) is 112 cm³/mol. The summed E-state index contributed by atoms with van der Waals surface area (Å²) < 4.78 is 58.0. The third-order valence-corrected chi connectivity index (χ3v) is 5.51. The van der Waals surface area contributed by atoms with Gasteiger partial charge in [0.2, 0.25) is 11.8 Å². The first kappa shape index (κ1) is 19.3. The zero-order chi connectivity index (χ0) is 23.3. The summed E-state index contributed by atoms with van der Waals surface area (Å²) >= 11 is 0. The van der Waals surface area contributed by atoms with E-state index in [0.717, 1.165) is 0 Å². The average molecular weight is 447 g/mol. The van der Waals surface area contributed by atoms with Gasteiger partial charge in [0.25, 0.3) is 5.92 Å². The summed E-state index contributed by atoms with van der Waals surface area (Å²) in [7, 11) is 3.03. The summed E-state index contributed by atoms with van der Waals surface area (Å²) in [6.07, 6.45) is 0.0227. The minimum Gasteiger partial charge on any atom is -0.479 e. The number of halogens is 3. The van der Waals surface area contributed by atoms with Crippen LogP contribution in [0.3, 0.4) is 0 Å². The highest BCUT2D eigenvalue weighted by Crippen LogP contribution is 2.34. The van der Waals surface area contributed by atoms with E-state index >= 15 is 0 Å². The molecule has 1 fully saturated rings. The van der Waals surface area contributed by atoms with E-state index in [4.69, 9.17) is 6.11 Å². The number of likely N-dealkylation sites (tertiary alicyclic amines) is 1. The Bertz CT molecular complexity index is 1340. The zero-order valence-corrected chi connectivity index (χ0v) is 17.4. The summed E-state index contributed by atoms with van der Waals surface area (Å²) in [5, 5.41) is 15.0. The number of rotatable bonds is 6. The lowest BCUT2D eigenvalue weighted by molar-refractivity contribution is 0.00583. The van der Waals surface area contributed by atoms with Gasteiger partial charge in [-0.2, -0.15) is 4.98 Å². The first-order chi connectivity index (χ1) is 15.8. The molecular weight excluding hydrogens is 425 g/mol. The Kier molecular flexibility index (Phi) is 4.59. The molecule has 5 rings (SSSR count). The van der Waals surface area contributed by atoms with Crippen LogP contribution in [0.1, 0.15) is 1.37 Å². The lowest BCUT2D eigenvalue weighted by Crippen LogP contribution is -2.38. The molecule has 0 saturated carbocycles. The molecule has 1 saturated heterocycles. The molecule has 1 atom stereocenters. The highest BCUT2D eigenvalue weighted by atomic mass is 19.3. The summed E-state index contributed by atoms with van der Waals surface area (Å²) in [5.41, 5.74) is 2.96. The quantitative estimate of drug-likeness (QED) is 0.486. The number of aryl methyl sites for hydroxylation is 1. The molecule has 3 aromatic heterocycles. The van der Waals surface area contributed by atoms with Crippen molar-refractivity contribution in [2.45, 2.75) is 18.5 Å². The number of benzene rings is 1. The average Bonchev–Trinajstić information content (AvgIpc) is 3.41. The largest absolute Gasteiger partial charge is 0.479 e. The van der Waals surface area contributed by atoms with Gasteiger partial charge in [-0.05, 0) is 30.8 Å². The van der Waals surface area contributed by atoms with Crippen molar-refractivity contribution < 1.29 is 19.3 Å². The molecule has 0 unspecified atom stereocenters.